The van der Waals surface area contributed by atoms with Crippen LogP contribution in [-0.2, 0) is 0 Å². The number of para-hydroxylation sites is 1. The molecule has 0 saturated carbocycles. The van der Waals surface area contributed by atoms with Gasteiger partial charge < -0.3 is 4.90 Å². The number of rotatable bonds is 5. The van der Waals surface area contributed by atoms with Gasteiger partial charge in [-0.05, 0) is 75.8 Å². The second-order valence-corrected chi connectivity index (χ2v) is 11.5. The Labute approximate surface area is 252 Å². The molecule has 2 heteroatoms. The number of thiophene rings is 1. The molecular formula is C40H27NS. The van der Waals surface area contributed by atoms with E-state index in [1.165, 1.54) is 36.3 Å². The Morgan fingerprint density at radius 2 is 1.05 bits per heavy atom. The summed E-state index contributed by atoms with van der Waals surface area (Å²) in [4.78, 5) is 2.28. The minimum absolute atomic E-state index is 0.206. The largest absolute Gasteiger partial charge is 0.310 e. The molecule has 198 valence electrons. The van der Waals surface area contributed by atoms with Gasteiger partial charge in [-0.3, -0.25) is 0 Å². The lowest BCUT2D eigenvalue weighted by Crippen LogP contribution is -2.10. The normalized spacial score (nSPS) is 12.9. The molecule has 1 aromatic heterocycles. The molecule has 0 fully saturated rings. The first-order valence-corrected chi connectivity index (χ1v) is 14.9. The summed E-state index contributed by atoms with van der Waals surface area (Å²) in [5, 5.41) is 7.13. The van der Waals surface area contributed by atoms with Crippen molar-refractivity contribution in [2.75, 3.05) is 4.90 Å². The molecule has 0 amide bonds. The first kappa shape index (κ1) is 22.5. The fourth-order valence-electron chi connectivity index (χ4n) is 5.87. The molecule has 0 radical (unpaired) electrons. The van der Waals surface area contributed by atoms with Gasteiger partial charge >= 0.3 is 0 Å². The maximum absolute atomic E-state index is 8.98. The second-order valence-electron chi connectivity index (χ2n) is 10.4. The topological polar surface area (TPSA) is 3.24 Å². The van der Waals surface area contributed by atoms with Gasteiger partial charge in [0, 0.05) is 36.9 Å². The first-order valence-electron chi connectivity index (χ1n) is 15.1. The van der Waals surface area contributed by atoms with Crippen molar-refractivity contribution in [2.24, 2.45) is 0 Å². The summed E-state index contributed by atoms with van der Waals surface area (Å²) in [6.45, 7) is 0. The summed E-state index contributed by atoms with van der Waals surface area (Å²) >= 11 is 1.76. The lowest BCUT2D eigenvalue weighted by Gasteiger charge is -2.27. The molecule has 0 unspecified atom stereocenters. The summed E-state index contributed by atoms with van der Waals surface area (Å²) in [6.07, 6.45) is 0. The van der Waals surface area contributed by atoms with Crippen LogP contribution in [0.5, 0.6) is 0 Å². The molecule has 42 heavy (non-hydrogen) atoms. The monoisotopic (exact) mass is 555 g/mol. The highest BCUT2D eigenvalue weighted by molar-refractivity contribution is 7.25. The molecule has 0 spiro atoms. The van der Waals surface area contributed by atoms with E-state index in [0.29, 0.717) is 5.56 Å². The third-order valence-corrected chi connectivity index (χ3v) is 9.01. The Bertz CT molecular complexity index is 2350. The summed E-state index contributed by atoms with van der Waals surface area (Å²) < 4.78 is 20.4. The number of nitrogens with zero attached hydrogens (tertiary/aromatic N) is 1. The van der Waals surface area contributed by atoms with Crippen molar-refractivity contribution < 1.29 is 2.74 Å². The third-order valence-electron chi connectivity index (χ3n) is 7.85. The van der Waals surface area contributed by atoms with Crippen molar-refractivity contribution in [2.45, 2.75) is 0 Å². The van der Waals surface area contributed by atoms with Crippen LogP contribution in [0.15, 0.2) is 152 Å². The molecule has 0 atom stereocenters. The van der Waals surface area contributed by atoms with E-state index in [4.69, 9.17) is 2.74 Å². The van der Waals surface area contributed by atoms with E-state index < -0.39 is 0 Å². The number of hydrogen-bond donors (Lipinski definition) is 0. The van der Waals surface area contributed by atoms with Crippen LogP contribution in [0.1, 0.15) is 13.9 Å². The zero-order chi connectivity index (χ0) is 29.6. The van der Waals surface area contributed by atoms with Gasteiger partial charge in [0.2, 0.25) is 0 Å². The second kappa shape index (κ2) is 10.3. The molecule has 1 nitrogen and oxygen atoms in total. The highest BCUT2D eigenvalue weighted by atomic mass is 32.1. The van der Waals surface area contributed by atoms with E-state index in [2.05, 4.69) is 132 Å². The molecule has 0 aliphatic heterocycles. The summed E-state index contributed by atoms with van der Waals surface area (Å²) in [6, 6.07) is 52.7. The number of fused-ring (bicyclic) bond motifs is 6. The molecule has 0 bridgehead atoms. The molecule has 8 rings (SSSR count). The van der Waals surface area contributed by atoms with Gasteiger partial charge in [-0.2, -0.15) is 0 Å². The molecule has 7 aromatic carbocycles. The van der Waals surface area contributed by atoms with Crippen LogP contribution in [-0.4, -0.2) is 0 Å². The fraction of sp³-hybridized carbons (Fsp3) is 0. The van der Waals surface area contributed by atoms with Crippen LogP contribution in [0.25, 0.3) is 53.8 Å². The smallest absolute Gasteiger partial charge is 0.0629 e. The minimum atomic E-state index is 0.206. The van der Waals surface area contributed by atoms with Gasteiger partial charge in [-0.15, -0.1) is 11.3 Å². The number of anilines is 3. The van der Waals surface area contributed by atoms with Crippen molar-refractivity contribution in [1.29, 1.82) is 0 Å². The van der Waals surface area contributed by atoms with Gasteiger partial charge in [0.1, 0.15) is 0 Å². The zero-order valence-electron chi connectivity index (χ0n) is 24.8. The number of benzene rings is 7. The summed E-state index contributed by atoms with van der Waals surface area (Å²) in [7, 11) is 0. The van der Waals surface area contributed by atoms with E-state index in [1.807, 2.05) is 24.3 Å². The van der Waals surface area contributed by atoms with Crippen molar-refractivity contribution in [1.82, 2.24) is 0 Å². The van der Waals surface area contributed by atoms with Gasteiger partial charge in [0.25, 0.3) is 0 Å². The van der Waals surface area contributed by atoms with Crippen LogP contribution in [0.3, 0.4) is 0 Å². The van der Waals surface area contributed by atoms with Gasteiger partial charge in [-0.1, -0.05) is 115 Å². The zero-order valence-corrected chi connectivity index (χ0v) is 23.6. The molecule has 8 aromatic rings. The van der Waals surface area contributed by atoms with Crippen LogP contribution >= 0.6 is 11.3 Å². The van der Waals surface area contributed by atoms with Crippen molar-refractivity contribution in [3.8, 4) is 0 Å². The van der Waals surface area contributed by atoms with Crippen LogP contribution in [0.4, 0.5) is 17.1 Å². The maximum Gasteiger partial charge on any atom is 0.0629 e. The summed E-state index contributed by atoms with van der Waals surface area (Å²) in [5.41, 5.74) is 4.61. The predicted molar refractivity (Wildman–Crippen MR) is 184 cm³/mol. The van der Waals surface area contributed by atoms with Gasteiger partial charge in [-0.25, -0.2) is 0 Å². The van der Waals surface area contributed by atoms with Crippen LogP contribution in [0, 0.1) is 0 Å². The molecule has 0 N–H and O–H groups in total. The fourth-order valence-corrected chi connectivity index (χ4v) is 6.95. The minimum Gasteiger partial charge on any atom is -0.310 e. The molecule has 1 heterocycles. The first-order chi connectivity index (χ1) is 21.7. The third kappa shape index (κ3) is 4.34. The highest BCUT2D eigenvalue weighted by Crippen LogP contribution is 2.42. The highest BCUT2D eigenvalue weighted by Gasteiger charge is 2.16. The van der Waals surface area contributed by atoms with Gasteiger partial charge in [0.05, 0.1) is 8.43 Å². The SMILES string of the molecule is [2H]/C(=C(/[2H])c1ccc2sc3ccccc3c2c1)c1ccc(N(c2ccccc2)c2cc3ccccc3c3ccccc23)cc1. The Hall–Kier alpha value is -5.18. The van der Waals surface area contributed by atoms with E-state index in [1.54, 1.807) is 11.3 Å². The Morgan fingerprint density at radius 3 is 1.88 bits per heavy atom. The van der Waals surface area contributed by atoms with E-state index in [-0.39, 0.29) is 12.1 Å². The molecular weight excluding hydrogens is 527 g/mol. The predicted octanol–water partition coefficient (Wildman–Crippen LogP) is 12.0. The lowest BCUT2D eigenvalue weighted by molar-refractivity contribution is 1.30. The van der Waals surface area contributed by atoms with Crippen LogP contribution < -0.4 is 4.90 Å². The quantitative estimate of drug-likeness (QED) is 0.151. The van der Waals surface area contributed by atoms with Crippen molar-refractivity contribution in [3.63, 3.8) is 0 Å². The molecule has 0 aliphatic rings. The lowest BCUT2D eigenvalue weighted by atomic mass is 9.99. The summed E-state index contributed by atoms with van der Waals surface area (Å²) in [5.74, 6) is 0. The Balaban J connectivity index is 1.23. The van der Waals surface area contributed by atoms with E-state index >= 15 is 0 Å². The van der Waals surface area contributed by atoms with E-state index in [0.717, 1.165) is 28.0 Å². The van der Waals surface area contributed by atoms with Gasteiger partial charge in [0.15, 0.2) is 0 Å². The Morgan fingerprint density at radius 1 is 0.452 bits per heavy atom. The maximum atomic E-state index is 8.98. The van der Waals surface area contributed by atoms with Crippen molar-refractivity contribution in [3.05, 3.63) is 163 Å². The van der Waals surface area contributed by atoms with E-state index in [9.17, 15) is 0 Å². The molecule has 0 aliphatic carbocycles. The molecule has 0 saturated heterocycles. The average Bonchev–Trinajstić information content (AvgIpc) is 3.47. The standard InChI is InChI=1S/C40H27NS/c1-2-11-31(12-3-1)41(38-27-30-10-4-5-13-33(30)34-14-6-7-15-35(34)38)32-23-20-28(21-24-32)18-19-29-22-25-40-37(26-29)36-16-8-9-17-39(36)42-40/h1-27H/b19-18+/i18D,19D. The number of hydrogen-bond acceptors (Lipinski definition) is 2. The van der Waals surface area contributed by atoms with Crippen LogP contribution in [0.2, 0.25) is 0 Å². The van der Waals surface area contributed by atoms with Crippen molar-refractivity contribution >= 4 is 82.2 Å². The average molecular weight is 556 g/mol. The Kier molecular flexibility index (Phi) is 5.54.